The van der Waals surface area contributed by atoms with Gasteiger partial charge < -0.3 is 10.8 Å². The fourth-order valence-electron chi connectivity index (χ4n) is 1.90. The molecule has 0 saturated carbocycles. The molecular weight excluding hydrogens is 200 g/mol. The molecule has 0 fully saturated rings. The summed E-state index contributed by atoms with van der Waals surface area (Å²) in [7, 11) is 0. The lowest BCUT2D eigenvalue weighted by molar-refractivity contribution is 0.188. The van der Waals surface area contributed by atoms with Crippen LogP contribution in [0.4, 0.5) is 0 Å². The maximum atomic E-state index is 8.93. The van der Waals surface area contributed by atoms with Crippen molar-refractivity contribution in [3.05, 3.63) is 12.7 Å². The SMILES string of the molecule is C=CCN(CCO)CC(C)CCCC(C)N. The Kier molecular flexibility index (Phi) is 9.59. The summed E-state index contributed by atoms with van der Waals surface area (Å²) < 4.78 is 0. The van der Waals surface area contributed by atoms with Crippen molar-refractivity contribution in [1.82, 2.24) is 4.90 Å². The molecule has 0 aromatic rings. The van der Waals surface area contributed by atoms with Gasteiger partial charge in [0.2, 0.25) is 0 Å². The van der Waals surface area contributed by atoms with Gasteiger partial charge in [0.05, 0.1) is 6.61 Å². The molecule has 96 valence electrons. The van der Waals surface area contributed by atoms with Crippen LogP contribution in [-0.2, 0) is 0 Å². The van der Waals surface area contributed by atoms with Gasteiger partial charge in [0.15, 0.2) is 0 Å². The molecule has 16 heavy (non-hydrogen) atoms. The van der Waals surface area contributed by atoms with Crippen molar-refractivity contribution in [3.8, 4) is 0 Å². The van der Waals surface area contributed by atoms with E-state index >= 15 is 0 Å². The molecule has 3 heteroatoms. The second kappa shape index (κ2) is 9.82. The number of hydrogen-bond acceptors (Lipinski definition) is 3. The molecule has 0 aliphatic heterocycles. The Morgan fingerprint density at radius 1 is 1.38 bits per heavy atom. The predicted octanol–water partition coefficient (Wildman–Crippen LogP) is 1.62. The highest BCUT2D eigenvalue weighted by Gasteiger charge is 2.08. The molecular formula is C13H28N2O. The van der Waals surface area contributed by atoms with Gasteiger partial charge in [-0.15, -0.1) is 6.58 Å². The average molecular weight is 228 g/mol. The van der Waals surface area contributed by atoms with Crippen molar-refractivity contribution >= 4 is 0 Å². The molecule has 2 atom stereocenters. The van der Waals surface area contributed by atoms with Crippen LogP contribution in [0.3, 0.4) is 0 Å². The molecule has 0 aliphatic rings. The lowest BCUT2D eigenvalue weighted by Crippen LogP contribution is -2.31. The molecule has 0 aromatic heterocycles. The second-order valence-corrected chi connectivity index (χ2v) is 4.79. The van der Waals surface area contributed by atoms with Crippen LogP contribution in [0.5, 0.6) is 0 Å². The van der Waals surface area contributed by atoms with Crippen LogP contribution in [-0.4, -0.2) is 42.3 Å². The molecule has 0 radical (unpaired) electrons. The Morgan fingerprint density at radius 3 is 2.56 bits per heavy atom. The first-order valence-corrected chi connectivity index (χ1v) is 6.29. The van der Waals surface area contributed by atoms with Crippen molar-refractivity contribution in [3.63, 3.8) is 0 Å². The van der Waals surface area contributed by atoms with Gasteiger partial charge in [0.25, 0.3) is 0 Å². The van der Waals surface area contributed by atoms with Crippen molar-refractivity contribution in [2.45, 2.75) is 39.2 Å². The van der Waals surface area contributed by atoms with Crippen LogP contribution >= 0.6 is 0 Å². The maximum Gasteiger partial charge on any atom is 0.0558 e. The third-order valence-electron chi connectivity index (χ3n) is 2.73. The highest BCUT2D eigenvalue weighted by molar-refractivity contribution is 4.74. The Bertz CT molecular complexity index is 171. The molecule has 0 saturated heterocycles. The molecule has 2 unspecified atom stereocenters. The minimum atomic E-state index is 0.223. The first-order chi connectivity index (χ1) is 7.60. The van der Waals surface area contributed by atoms with E-state index in [1.807, 2.05) is 6.08 Å². The van der Waals surface area contributed by atoms with E-state index in [1.54, 1.807) is 0 Å². The highest BCUT2D eigenvalue weighted by Crippen LogP contribution is 2.10. The van der Waals surface area contributed by atoms with E-state index in [9.17, 15) is 0 Å². The van der Waals surface area contributed by atoms with Crippen LogP contribution < -0.4 is 5.73 Å². The zero-order valence-corrected chi connectivity index (χ0v) is 10.9. The summed E-state index contributed by atoms with van der Waals surface area (Å²) in [5.74, 6) is 0.658. The molecule has 0 aliphatic carbocycles. The molecule has 0 aromatic carbocycles. The van der Waals surface area contributed by atoms with E-state index in [4.69, 9.17) is 10.8 Å². The summed E-state index contributed by atoms with van der Waals surface area (Å²) in [6.07, 6.45) is 5.40. The van der Waals surface area contributed by atoms with E-state index in [0.717, 1.165) is 26.1 Å². The summed E-state index contributed by atoms with van der Waals surface area (Å²) >= 11 is 0. The number of nitrogens with two attached hydrogens (primary N) is 1. The van der Waals surface area contributed by atoms with Crippen LogP contribution in [0.1, 0.15) is 33.1 Å². The summed E-state index contributed by atoms with van der Waals surface area (Å²) in [6.45, 7) is 10.9. The summed E-state index contributed by atoms with van der Waals surface area (Å²) in [5.41, 5.74) is 5.72. The van der Waals surface area contributed by atoms with Crippen LogP contribution in [0, 0.1) is 5.92 Å². The topological polar surface area (TPSA) is 49.5 Å². The molecule has 0 heterocycles. The van der Waals surface area contributed by atoms with Crippen molar-refractivity contribution in [1.29, 1.82) is 0 Å². The van der Waals surface area contributed by atoms with E-state index in [0.29, 0.717) is 12.0 Å². The number of aliphatic hydroxyl groups excluding tert-OH is 1. The predicted molar refractivity (Wildman–Crippen MR) is 70.4 cm³/mol. The number of aliphatic hydroxyl groups is 1. The third kappa shape index (κ3) is 8.89. The Labute approximate surface area is 100 Å². The number of nitrogens with zero attached hydrogens (tertiary/aromatic N) is 1. The first kappa shape index (κ1) is 15.6. The lowest BCUT2D eigenvalue weighted by Gasteiger charge is -2.23. The van der Waals surface area contributed by atoms with E-state index in [-0.39, 0.29) is 6.61 Å². The summed E-state index contributed by atoms with van der Waals surface area (Å²) in [4.78, 5) is 2.24. The van der Waals surface area contributed by atoms with Crippen LogP contribution in [0.25, 0.3) is 0 Å². The molecule has 0 bridgehead atoms. The zero-order chi connectivity index (χ0) is 12.4. The van der Waals surface area contributed by atoms with E-state index in [1.165, 1.54) is 12.8 Å². The number of rotatable bonds is 10. The minimum Gasteiger partial charge on any atom is -0.395 e. The Morgan fingerprint density at radius 2 is 2.06 bits per heavy atom. The Hall–Kier alpha value is -0.380. The van der Waals surface area contributed by atoms with Crippen molar-refractivity contribution in [2.75, 3.05) is 26.2 Å². The maximum absolute atomic E-state index is 8.93. The largest absolute Gasteiger partial charge is 0.395 e. The second-order valence-electron chi connectivity index (χ2n) is 4.79. The monoisotopic (exact) mass is 228 g/mol. The van der Waals surface area contributed by atoms with Crippen molar-refractivity contribution in [2.24, 2.45) is 11.7 Å². The van der Waals surface area contributed by atoms with Gasteiger partial charge in [-0.05, 0) is 25.7 Å². The fourth-order valence-corrected chi connectivity index (χ4v) is 1.90. The van der Waals surface area contributed by atoms with Gasteiger partial charge in [-0.1, -0.05) is 19.4 Å². The fraction of sp³-hybridized carbons (Fsp3) is 0.846. The molecule has 3 nitrogen and oxygen atoms in total. The van der Waals surface area contributed by atoms with Gasteiger partial charge in [0.1, 0.15) is 0 Å². The van der Waals surface area contributed by atoms with E-state index in [2.05, 4.69) is 25.3 Å². The Balaban J connectivity index is 3.71. The average Bonchev–Trinajstić information content (AvgIpc) is 2.17. The summed E-state index contributed by atoms with van der Waals surface area (Å²) in [5, 5.41) is 8.93. The highest BCUT2D eigenvalue weighted by atomic mass is 16.3. The third-order valence-corrected chi connectivity index (χ3v) is 2.73. The smallest absolute Gasteiger partial charge is 0.0558 e. The lowest BCUT2D eigenvalue weighted by atomic mass is 10.0. The van der Waals surface area contributed by atoms with Gasteiger partial charge in [-0.2, -0.15) is 0 Å². The van der Waals surface area contributed by atoms with Crippen LogP contribution in [0.15, 0.2) is 12.7 Å². The van der Waals surface area contributed by atoms with Crippen LogP contribution in [0.2, 0.25) is 0 Å². The molecule has 3 N–H and O–H groups in total. The molecule has 0 rings (SSSR count). The van der Waals surface area contributed by atoms with Gasteiger partial charge in [0, 0.05) is 25.7 Å². The van der Waals surface area contributed by atoms with Gasteiger partial charge in [-0.3, -0.25) is 4.90 Å². The van der Waals surface area contributed by atoms with Gasteiger partial charge in [-0.25, -0.2) is 0 Å². The zero-order valence-electron chi connectivity index (χ0n) is 10.9. The molecule has 0 spiro atoms. The first-order valence-electron chi connectivity index (χ1n) is 6.29. The standard InChI is InChI=1S/C13H28N2O/c1-4-8-15(9-10-16)11-12(2)6-5-7-13(3)14/h4,12-13,16H,1,5-11,14H2,2-3H3. The molecule has 0 amide bonds. The van der Waals surface area contributed by atoms with Crippen molar-refractivity contribution < 1.29 is 5.11 Å². The summed E-state index contributed by atoms with van der Waals surface area (Å²) in [6, 6.07) is 0.314. The normalized spacial score (nSPS) is 15.1. The number of hydrogen-bond donors (Lipinski definition) is 2. The quantitative estimate of drug-likeness (QED) is 0.559. The minimum absolute atomic E-state index is 0.223. The van der Waals surface area contributed by atoms with E-state index < -0.39 is 0 Å². The van der Waals surface area contributed by atoms with Gasteiger partial charge >= 0.3 is 0 Å².